The van der Waals surface area contributed by atoms with Crippen molar-refractivity contribution in [3.63, 3.8) is 0 Å². The summed E-state index contributed by atoms with van der Waals surface area (Å²) in [6, 6.07) is 0. The number of hydrogen-bond donors (Lipinski definition) is 3. The zero-order chi connectivity index (χ0) is 17.9. The van der Waals surface area contributed by atoms with Crippen molar-refractivity contribution in [2.45, 2.75) is 70.4 Å². The lowest BCUT2D eigenvalue weighted by Gasteiger charge is -2.35. The van der Waals surface area contributed by atoms with E-state index in [1.807, 2.05) is 21.1 Å². The van der Waals surface area contributed by atoms with Crippen LogP contribution in [0.25, 0.3) is 0 Å². The topological polar surface area (TPSA) is 86.6 Å². The molecule has 0 heterocycles. The summed E-state index contributed by atoms with van der Waals surface area (Å²) < 4.78 is 0.363. The Morgan fingerprint density at radius 3 is 2.00 bits per heavy atom. The Labute approximate surface area is 140 Å². The van der Waals surface area contributed by atoms with Crippen molar-refractivity contribution < 1.29 is 24.3 Å². The highest BCUT2D eigenvalue weighted by molar-refractivity contribution is 5.77. The quantitative estimate of drug-likeness (QED) is 0.274. The second-order valence-electron chi connectivity index (χ2n) is 7.47. The van der Waals surface area contributed by atoms with Crippen LogP contribution in [0.3, 0.4) is 0 Å². The van der Waals surface area contributed by atoms with Crippen LogP contribution in [0.4, 0.5) is 0 Å². The van der Waals surface area contributed by atoms with Crippen molar-refractivity contribution in [3.05, 3.63) is 0 Å². The third kappa shape index (κ3) is 13.0. The van der Waals surface area contributed by atoms with E-state index in [9.17, 15) is 14.7 Å². The van der Waals surface area contributed by atoms with Crippen LogP contribution < -0.4 is 5.32 Å². The van der Waals surface area contributed by atoms with E-state index in [4.69, 9.17) is 5.11 Å². The molecule has 0 radical (unpaired) electrons. The average Bonchev–Trinajstić information content (AvgIpc) is 2.33. The van der Waals surface area contributed by atoms with E-state index in [2.05, 4.69) is 12.2 Å². The van der Waals surface area contributed by atoms with E-state index in [0.717, 1.165) is 19.3 Å². The molecule has 0 saturated carbocycles. The molecular formula is C17H35N2O4+. The first-order chi connectivity index (χ1) is 10.6. The summed E-state index contributed by atoms with van der Waals surface area (Å²) >= 11 is 0. The number of carbonyl (C=O) groups is 2. The monoisotopic (exact) mass is 331 g/mol. The number of nitrogens with one attached hydrogen (secondary N) is 1. The van der Waals surface area contributed by atoms with Crippen molar-refractivity contribution in [1.29, 1.82) is 0 Å². The largest absolute Gasteiger partial charge is 0.481 e. The first kappa shape index (κ1) is 21.9. The Bertz CT molecular complexity index is 366. The van der Waals surface area contributed by atoms with Gasteiger partial charge in [0, 0.05) is 6.42 Å². The van der Waals surface area contributed by atoms with E-state index in [1.165, 1.54) is 25.7 Å². The van der Waals surface area contributed by atoms with Crippen molar-refractivity contribution >= 4 is 11.9 Å². The van der Waals surface area contributed by atoms with E-state index in [1.54, 1.807) is 0 Å². The predicted molar refractivity (Wildman–Crippen MR) is 90.9 cm³/mol. The summed E-state index contributed by atoms with van der Waals surface area (Å²) in [5, 5.41) is 21.9. The van der Waals surface area contributed by atoms with Crippen molar-refractivity contribution in [3.8, 4) is 0 Å². The van der Waals surface area contributed by atoms with Crippen molar-refractivity contribution in [1.82, 2.24) is 5.32 Å². The summed E-state index contributed by atoms with van der Waals surface area (Å²) in [5.74, 6) is -1.41. The molecule has 3 N–H and O–H groups in total. The van der Waals surface area contributed by atoms with Crippen LogP contribution in [0.1, 0.15) is 64.7 Å². The molecule has 0 aliphatic carbocycles. The molecule has 0 saturated heterocycles. The van der Waals surface area contributed by atoms with Gasteiger partial charge in [0.15, 0.2) is 5.72 Å². The van der Waals surface area contributed by atoms with Gasteiger partial charge in [-0.25, -0.2) is 0 Å². The van der Waals surface area contributed by atoms with Crippen LogP contribution in [-0.4, -0.2) is 60.0 Å². The molecule has 0 aromatic carbocycles. The number of aliphatic carboxylic acids is 1. The van der Waals surface area contributed by atoms with Gasteiger partial charge in [0.2, 0.25) is 5.91 Å². The number of unbranched alkanes of at least 4 members (excludes halogenated alkanes) is 6. The highest BCUT2D eigenvalue weighted by Crippen LogP contribution is 2.13. The van der Waals surface area contributed by atoms with Gasteiger partial charge >= 0.3 is 5.97 Å². The van der Waals surface area contributed by atoms with Gasteiger partial charge in [-0.05, 0) is 6.42 Å². The fourth-order valence-corrected chi connectivity index (χ4v) is 2.74. The second kappa shape index (κ2) is 10.6. The number of quaternary nitrogens is 1. The van der Waals surface area contributed by atoms with Gasteiger partial charge in [0.1, 0.15) is 6.54 Å². The fourth-order valence-electron chi connectivity index (χ4n) is 2.74. The summed E-state index contributed by atoms with van der Waals surface area (Å²) in [6.45, 7) is 2.32. The fraction of sp³-hybridized carbons (Fsp3) is 0.882. The molecular weight excluding hydrogens is 296 g/mol. The smallest absolute Gasteiger partial charge is 0.308 e. The van der Waals surface area contributed by atoms with E-state index >= 15 is 0 Å². The van der Waals surface area contributed by atoms with Crippen LogP contribution in [0.2, 0.25) is 0 Å². The third-order valence-electron chi connectivity index (χ3n) is 3.56. The number of carboxylic acid groups (broad SMARTS) is 1. The minimum absolute atomic E-state index is 0.141. The lowest BCUT2D eigenvalue weighted by molar-refractivity contribution is -0.877. The highest BCUT2D eigenvalue weighted by atomic mass is 16.4. The molecule has 23 heavy (non-hydrogen) atoms. The average molecular weight is 331 g/mol. The number of carboxylic acids is 1. The van der Waals surface area contributed by atoms with Gasteiger partial charge in [-0.1, -0.05) is 45.4 Å². The zero-order valence-electron chi connectivity index (χ0n) is 15.2. The van der Waals surface area contributed by atoms with Crippen LogP contribution in [0, 0.1) is 0 Å². The van der Waals surface area contributed by atoms with Crippen LogP contribution in [0.15, 0.2) is 0 Å². The molecule has 0 aliphatic heterocycles. The SMILES string of the molecule is CCCCCCCCCC(=O)NC(O)(CC(=O)O)C[N+](C)(C)C. The summed E-state index contributed by atoms with van der Waals surface area (Å²) in [5.41, 5.74) is -1.71. The molecule has 6 heteroatoms. The van der Waals surface area contributed by atoms with Crippen LogP contribution in [0.5, 0.6) is 0 Å². The Morgan fingerprint density at radius 2 is 1.52 bits per heavy atom. The molecule has 1 atom stereocenters. The molecule has 1 unspecified atom stereocenters. The first-order valence-corrected chi connectivity index (χ1v) is 8.63. The number of rotatable bonds is 13. The normalized spacial score (nSPS) is 14.3. The van der Waals surface area contributed by atoms with Gasteiger partial charge in [0.25, 0.3) is 0 Å². The van der Waals surface area contributed by atoms with Crippen molar-refractivity contribution in [2.24, 2.45) is 0 Å². The summed E-state index contributed by atoms with van der Waals surface area (Å²) in [4.78, 5) is 22.9. The van der Waals surface area contributed by atoms with Gasteiger partial charge in [0.05, 0.1) is 27.6 Å². The number of carbonyl (C=O) groups excluding carboxylic acids is 1. The molecule has 0 fully saturated rings. The van der Waals surface area contributed by atoms with Gasteiger partial charge in [-0.15, -0.1) is 0 Å². The maximum absolute atomic E-state index is 12.0. The number of amides is 1. The Balaban J connectivity index is 4.21. The molecule has 0 aromatic heterocycles. The molecule has 0 bridgehead atoms. The number of hydrogen-bond acceptors (Lipinski definition) is 3. The minimum Gasteiger partial charge on any atom is -0.481 e. The lowest BCUT2D eigenvalue weighted by Crippen LogP contribution is -2.59. The Kier molecular flexibility index (Phi) is 10.1. The highest BCUT2D eigenvalue weighted by Gasteiger charge is 2.37. The molecule has 136 valence electrons. The standard InChI is InChI=1S/C17H34N2O4/c1-5-6-7-8-9-10-11-12-15(20)18-17(23,13-16(21)22)14-19(2,3)4/h23H,5-14H2,1-4H3,(H-,18,20,21,22)/p+1. The number of aliphatic hydroxyl groups is 1. The van der Waals surface area contributed by atoms with Gasteiger partial charge in [-0.2, -0.15) is 0 Å². The van der Waals surface area contributed by atoms with E-state index in [0.29, 0.717) is 10.9 Å². The minimum atomic E-state index is -1.71. The number of likely N-dealkylation sites (N-methyl/N-ethyl adjacent to an activating group) is 1. The van der Waals surface area contributed by atoms with Gasteiger partial charge < -0.3 is 20.0 Å². The summed E-state index contributed by atoms with van der Waals surface area (Å²) in [6.07, 6.45) is 7.62. The lowest BCUT2D eigenvalue weighted by atomic mass is 10.1. The Hall–Kier alpha value is -1.14. The van der Waals surface area contributed by atoms with E-state index in [-0.39, 0.29) is 12.5 Å². The van der Waals surface area contributed by atoms with Crippen molar-refractivity contribution in [2.75, 3.05) is 27.7 Å². The first-order valence-electron chi connectivity index (χ1n) is 8.63. The maximum Gasteiger partial charge on any atom is 0.308 e. The van der Waals surface area contributed by atoms with Crippen LogP contribution in [-0.2, 0) is 9.59 Å². The second-order valence-corrected chi connectivity index (χ2v) is 7.47. The molecule has 6 nitrogen and oxygen atoms in total. The maximum atomic E-state index is 12.0. The van der Waals surface area contributed by atoms with Crippen LogP contribution >= 0.6 is 0 Å². The Morgan fingerprint density at radius 1 is 1.00 bits per heavy atom. The third-order valence-corrected chi connectivity index (χ3v) is 3.56. The molecule has 0 rings (SSSR count). The van der Waals surface area contributed by atoms with E-state index < -0.39 is 18.1 Å². The zero-order valence-corrected chi connectivity index (χ0v) is 15.2. The summed E-state index contributed by atoms with van der Waals surface area (Å²) in [7, 11) is 5.53. The van der Waals surface area contributed by atoms with Gasteiger partial charge in [-0.3, -0.25) is 9.59 Å². The molecule has 0 aliphatic rings. The molecule has 0 aromatic rings. The predicted octanol–water partition coefficient (Wildman–Crippen LogP) is 2.11. The molecule has 0 spiro atoms. The molecule has 1 amide bonds. The number of nitrogens with zero attached hydrogens (tertiary/aromatic N) is 1.